The molecule has 0 bridgehead atoms. The van der Waals surface area contributed by atoms with Gasteiger partial charge in [0.25, 0.3) is 0 Å². The van der Waals surface area contributed by atoms with E-state index < -0.39 is 0 Å². The third-order valence-electron chi connectivity index (χ3n) is 2.45. The van der Waals surface area contributed by atoms with E-state index in [1.54, 1.807) is 0 Å². The van der Waals surface area contributed by atoms with Gasteiger partial charge in [-0.2, -0.15) is 0 Å². The largest absolute Gasteiger partial charge is 0.321 e. The molecule has 0 aromatic heterocycles. The quantitative estimate of drug-likeness (QED) is 0.640. The second-order valence-corrected chi connectivity index (χ2v) is 3.82. The van der Waals surface area contributed by atoms with Gasteiger partial charge in [-0.15, -0.1) is 0 Å². The minimum Gasteiger partial charge on any atom is -0.321 e. The van der Waals surface area contributed by atoms with E-state index in [2.05, 4.69) is 5.32 Å². The molecule has 2 atom stereocenters. The molecule has 0 aromatic rings. The first-order valence-electron chi connectivity index (χ1n) is 4.65. The Morgan fingerprint density at radius 2 is 2.25 bits per heavy atom. The second kappa shape index (κ2) is 4.01. The minimum absolute atomic E-state index is 0.0300. The maximum atomic E-state index is 11.6. The van der Waals surface area contributed by atoms with Crippen LogP contribution in [0.5, 0.6) is 0 Å². The summed E-state index contributed by atoms with van der Waals surface area (Å²) in [5.74, 6) is 0.433. The highest BCUT2D eigenvalue weighted by Crippen LogP contribution is 2.10. The van der Waals surface area contributed by atoms with Gasteiger partial charge in [0.2, 0.25) is 0 Å². The summed E-state index contributed by atoms with van der Waals surface area (Å²) in [5.41, 5.74) is 5.75. The van der Waals surface area contributed by atoms with E-state index in [0.29, 0.717) is 0 Å². The number of nitrogens with one attached hydrogen (secondary N) is 1. The molecule has 1 aliphatic heterocycles. The van der Waals surface area contributed by atoms with Crippen molar-refractivity contribution in [3.8, 4) is 0 Å². The number of rotatable bonds is 3. The molecule has 0 saturated carbocycles. The Hall–Kier alpha value is -0.410. The predicted molar refractivity (Wildman–Crippen MR) is 48.8 cm³/mol. The van der Waals surface area contributed by atoms with Crippen molar-refractivity contribution < 1.29 is 4.79 Å². The molecule has 1 fully saturated rings. The maximum absolute atomic E-state index is 11.6. The third-order valence-corrected chi connectivity index (χ3v) is 2.45. The summed E-state index contributed by atoms with van der Waals surface area (Å²) in [6.45, 7) is 4.93. The lowest BCUT2D eigenvalue weighted by atomic mass is 9.95. The van der Waals surface area contributed by atoms with Gasteiger partial charge in [-0.1, -0.05) is 13.8 Å². The topological polar surface area (TPSA) is 55.1 Å². The van der Waals surface area contributed by atoms with Gasteiger partial charge in [0, 0.05) is 0 Å². The number of hydrogen-bond donors (Lipinski definition) is 2. The van der Waals surface area contributed by atoms with E-state index in [4.69, 9.17) is 5.73 Å². The first-order chi connectivity index (χ1) is 5.63. The number of nitrogens with two attached hydrogens (primary N) is 1. The molecule has 3 heteroatoms. The average molecular weight is 170 g/mol. The number of ketones is 1. The van der Waals surface area contributed by atoms with Crippen molar-refractivity contribution in [3.63, 3.8) is 0 Å². The lowest BCUT2D eigenvalue weighted by molar-refractivity contribution is -0.122. The molecule has 3 N–H and O–H groups in total. The zero-order valence-corrected chi connectivity index (χ0v) is 7.84. The number of carbonyl (C=O) groups excluding carboxylic acids is 1. The zero-order valence-electron chi connectivity index (χ0n) is 7.84. The Kier molecular flexibility index (Phi) is 3.23. The van der Waals surface area contributed by atoms with Gasteiger partial charge in [-0.25, -0.2) is 0 Å². The minimum atomic E-state index is -0.291. The van der Waals surface area contributed by atoms with E-state index >= 15 is 0 Å². The normalized spacial score (nSPS) is 26.2. The zero-order chi connectivity index (χ0) is 9.14. The van der Waals surface area contributed by atoms with Gasteiger partial charge in [0.1, 0.15) is 0 Å². The van der Waals surface area contributed by atoms with Crippen LogP contribution in [0.1, 0.15) is 26.7 Å². The van der Waals surface area contributed by atoms with Crippen LogP contribution in [0.4, 0.5) is 0 Å². The van der Waals surface area contributed by atoms with Gasteiger partial charge in [-0.3, -0.25) is 4.79 Å². The first kappa shape index (κ1) is 9.68. The number of carbonyl (C=O) groups is 1. The van der Waals surface area contributed by atoms with Gasteiger partial charge >= 0.3 is 0 Å². The lowest BCUT2D eigenvalue weighted by Crippen LogP contribution is -2.45. The SMILES string of the molecule is CC(C)[C@H](N)C(=O)C1CCCN1. The Bertz CT molecular complexity index is 158. The highest BCUT2D eigenvalue weighted by molar-refractivity contribution is 5.89. The predicted octanol–water partition coefficient (Wildman–Crippen LogP) is 0.291. The Balaban J connectivity index is 2.45. The summed E-state index contributed by atoms with van der Waals surface area (Å²) < 4.78 is 0. The van der Waals surface area contributed by atoms with E-state index in [0.717, 1.165) is 19.4 Å². The van der Waals surface area contributed by atoms with Crippen molar-refractivity contribution in [2.45, 2.75) is 38.8 Å². The molecule has 3 nitrogen and oxygen atoms in total. The lowest BCUT2D eigenvalue weighted by Gasteiger charge is -2.18. The van der Waals surface area contributed by atoms with Gasteiger partial charge in [0.15, 0.2) is 5.78 Å². The van der Waals surface area contributed by atoms with E-state index in [9.17, 15) is 4.79 Å². The van der Waals surface area contributed by atoms with Crippen LogP contribution in [0.2, 0.25) is 0 Å². The summed E-state index contributed by atoms with van der Waals surface area (Å²) >= 11 is 0. The molecule has 0 aliphatic carbocycles. The maximum Gasteiger partial charge on any atom is 0.166 e. The van der Waals surface area contributed by atoms with Crippen molar-refractivity contribution in [3.05, 3.63) is 0 Å². The van der Waals surface area contributed by atoms with Crippen molar-refractivity contribution in [1.82, 2.24) is 5.32 Å². The highest BCUT2D eigenvalue weighted by Gasteiger charge is 2.27. The molecular weight excluding hydrogens is 152 g/mol. The fraction of sp³-hybridized carbons (Fsp3) is 0.889. The first-order valence-corrected chi connectivity index (χ1v) is 4.65. The summed E-state index contributed by atoms with van der Waals surface area (Å²) in [6.07, 6.45) is 2.06. The molecule has 0 radical (unpaired) electrons. The number of hydrogen-bond acceptors (Lipinski definition) is 3. The third kappa shape index (κ3) is 2.05. The standard InChI is InChI=1S/C9H18N2O/c1-6(2)8(10)9(12)7-4-3-5-11-7/h6-8,11H,3-5,10H2,1-2H3/t7?,8-/m0/s1. The summed E-state index contributed by atoms with van der Waals surface area (Å²) in [6, 6.07) is -0.261. The molecule has 1 aliphatic rings. The highest BCUT2D eigenvalue weighted by atomic mass is 16.1. The van der Waals surface area contributed by atoms with E-state index in [1.165, 1.54) is 0 Å². The molecular formula is C9H18N2O. The van der Waals surface area contributed by atoms with Crippen LogP contribution in [0.15, 0.2) is 0 Å². The fourth-order valence-corrected chi connectivity index (χ4v) is 1.49. The number of Topliss-reactive ketones (excluding diaryl/α,β-unsaturated/α-hetero) is 1. The molecule has 0 amide bonds. The van der Waals surface area contributed by atoms with Crippen LogP contribution >= 0.6 is 0 Å². The van der Waals surface area contributed by atoms with Crippen molar-refractivity contribution in [2.75, 3.05) is 6.54 Å². The molecule has 1 rings (SSSR count). The van der Waals surface area contributed by atoms with Gasteiger partial charge in [-0.05, 0) is 25.3 Å². The Morgan fingerprint density at radius 3 is 2.67 bits per heavy atom. The fourth-order valence-electron chi connectivity index (χ4n) is 1.49. The van der Waals surface area contributed by atoms with Crippen LogP contribution in [0, 0.1) is 5.92 Å². The molecule has 12 heavy (non-hydrogen) atoms. The monoisotopic (exact) mass is 170 g/mol. The smallest absolute Gasteiger partial charge is 0.166 e. The summed E-state index contributed by atoms with van der Waals surface area (Å²) in [5, 5.41) is 3.16. The van der Waals surface area contributed by atoms with E-state index in [1.807, 2.05) is 13.8 Å². The van der Waals surface area contributed by atoms with Crippen LogP contribution in [-0.2, 0) is 4.79 Å². The molecule has 0 spiro atoms. The Morgan fingerprint density at radius 1 is 1.58 bits per heavy atom. The summed E-state index contributed by atoms with van der Waals surface area (Å²) in [7, 11) is 0. The van der Waals surface area contributed by atoms with Crippen molar-refractivity contribution in [1.29, 1.82) is 0 Å². The molecule has 1 unspecified atom stereocenters. The van der Waals surface area contributed by atoms with Gasteiger partial charge < -0.3 is 11.1 Å². The van der Waals surface area contributed by atoms with Crippen LogP contribution in [-0.4, -0.2) is 24.4 Å². The van der Waals surface area contributed by atoms with E-state index in [-0.39, 0.29) is 23.8 Å². The molecule has 1 heterocycles. The van der Waals surface area contributed by atoms with Crippen LogP contribution < -0.4 is 11.1 Å². The van der Waals surface area contributed by atoms with Crippen molar-refractivity contribution in [2.24, 2.45) is 11.7 Å². The average Bonchev–Trinajstić information content (AvgIpc) is 2.53. The molecule has 0 aromatic carbocycles. The van der Waals surface area contributed by atoms with Crippen LogP contribution in [0.3, 0.4) is 0 Å². The van der Waals surface area contributed by atoms with Gasteiger partial charge in [0.05, 0.1) is 12.1 Å². The Labute approximate surface area is 73.7 Å². The summed E-state index contributed by atoms with van der Waals surface area (Å²) in [4.78, 5) is 11.6. The van der Waals surface area contributed by atoms with Crippen LogP contribution in [0.25, 0.3) is 0 Å². The van der Waals surface area contributed by atoms with Crippen molar-refractivity contribution >= 4 is 5.78 Å². The molecule has 1 saturated heterocycles. The second-order valence-electron chi connectivity index (χ2n) is 3.82. The molecule has 70 valence electrons.